The number of aromatic nitrogens is 1. The van der Waals surface area contributed by atoms with Gasteiger partial charge in [0.1, 0.15) is 10.8 Å². The molecular formula is C18H22N2O4S. The van der Waals surface area contributed by atoms with Gasteiger partial charge in [-0.3, -0.25) is 9.59 Å². The highest BCUT2D eigenvalue weighted by atomic mass is 32.1. The molecule has 0 aliphatic rings. The van der Waals surface area contributed by atoms with Crippen molar-refractivity contribution >= 4 is 23.2 Å². The summed E-state index contributed by atoms with van der Waals surface area (Å²) in [7, 11) is 0. The van der Waals surface area contributed by atoms with Gasteiger partial charge in [0.25, 0.3) is 0 Å². The molecule has 2 N–H and O–H groups in total. The number of thiazole rings is 1. The smallest absolute Gasteiger partial charge is 0.309 e. The number of aliphatic carboxylic acids is 1. The number of carbonyl (C=O) groups excluding carboxylic acids is 1. The molecule has 1 heterocycles. The van der Waals surface area contributed by atoms with Gasteiger partial charge < -0.3 is 15.2 Å². The maximum atomic E-state index is 12.0. The van der Waals surface area contributed by atoms with E-state index >= 15 is 0 Å². The van der Waals surface area contributed by atoms with E-state index in [4.69, 9.17) is 9.84 Å². The lowest BCUT2D eigenvalue weighted by Crippen LogP contribution is -2.24. The molecule has 6 nitrogen and oxygen atoms in total. The number of benzene rings is 1. The summed E-state index contributed by atoms with van der Waals surface area (Å²) >= 11 is 1.30. The molecule has 0 fully saturated rings. The number of nitrogens with zero attached hydrogens (tertiary/aromatic N) is 1. The van der Waals surface area contributed by atoms with E-state index in [0.717, 1.165) is 24.2 Å². The second-order valence-electron chi connectivity index (χ2n) is 5.60. The second kappa shape index (κ2) is 9.78. The quantitative estimate of drug-likeness (QED) is 0.635. The van der Waals surface area contributed by atoms with Crippen molar-refractivity contribution in [2.24, 2.45) is 0 Å². The second-order valence-corrected chi connectivity index (χ2v) is 6.55. The predicted molar refractivity (Wildman–Crippen MR) is 95.8 cm³/mol. The Hall–Kier alpha value is -2.41. The first-order chi connectivity index (χ1) is 12.1. The summed E-state index contributed by atoms with van der Waals surface area (Å²) in [5.74, 6) is -0.236. The Balaban J connectivity index is 1.75. The first-order valence-corrected chi connectivity index (χ1v) is 9.08. The van der Waals surface area contributed by atoms with Crippen LogP contribution in [0.3, 0.4) is 0 Å². The molecule has 1 amide bonds. The highest BCUT2D eigenvalue weighted by molar-refractivity contribution is 7.09. The molecule has 0 saturated carbocycles. The van der Waals surface area contributed by atoms with Crippen LogP contribution in [0.4, 0.5) is 0 Å². The van der Waals surface area contributed by atoms with Crippen molar-refractivity contribution < 1.29 is 19.4 Å². The molecule has 0 atom stereocenters. The van der Waals surface area contributed by atoms with Gasteiger partial charge in [-0.1, -0.05) is 25.5 Å². The van der Waals surface area contributed by atoms with E-state index in [1.807, 2.05) is 24.3 Å². The van der Waals surface area contributed by atoms with Crippen molar-refractivity contribution in [3.05, 3.63) is 45.9 Å². The van der Waals surface area contributed by atoms with Gasteiger partial charge in [-0.25, -0.2) is 4.98 Å². The summed E-state index contributed by atoms with van der Waals surface area (Å²) < 4.78 is 5.60. The van der Waals surface area contributed by atoms with Gasteiger partial charge >= 0.3 is 5.97 Å². The number of hydrogen-bond donors (Lipinski definition) is 2. The van der Waals surface area contributed by atoms with Crippen LogP contribution in [0.5, 0.6) is 5.75 Å². The maximum absolute atomic E-state index is 12.0. The largest absolute Gasteiger partial charge is 0.494 e. The number of ether oxygens (including phenoxy) is 1. The van der Waals surface area contributed by atoms with Crippen LogP contribution in [0.2, 0.25) is 0 Å². The summed E-state index contributed by atoms with van der Waals surface area (Å²) in [5, 5.41) is 13.9. The van der Waals surface area contributed by atoms with E-state index in [-0.39, 0.29) is 18.7 Å². The molecule has 0 aliphatic carbocycles. The molecule has 0 bridgehead atoms. The SMILES string of the molecule is CCCCOc1ccc(CNC(=O)Cc2nc(CC(=O)O)cs2)cc1. The fourth-order valence-electron chi connectivity index (χ4n) is 2.10. The first-order valence-electron chi connectivity index (χ1n) is 8.20. The number of unbranched alkanes of at least 4 members (excludes halogenated alkanes) is 1. The third-order valence-electron chi connectivity index (χ3n) is 3.42. The van der Waals surface area contributed by atoms with Gasteiger partial charge in [-0.2, -0.15) is 0 Å². The number of carbonyl (C=O) groups is 2. The first kappa shape index (κ1) is 18.9. The van der Waals surface area contributed by atoms with Crippen molar-refractivity contribution in [3.63, 3.8) is 0 Å². The number of rotatable bonds is 10. The van der Waals surface area contributed by atoms with Gasteiger partial charge in [0.2, 0.25) is 5.91 Å². The molecule has 0 unspecified atom stereocenters. The summed E-state index contributed by atoms with van der Waals surface area (Å²) in [4.78, 5) is 26.8. The molecule has 0 saturated heterocycles. The number of nitrogens with one attached hydrogen (secondary N) is 1. The Kier molecular flexibility index (Phi) is 7.40. The normalized spacial score (nSPS) is 10.4. The summed E-state index contributed by atoms with van der Waals surface area (Å²) in [6.07, 6.45) is 2.16. The topological polar surface area (TPSA) is 88.5 Å². The van der Waals surface area contributed by atoms with Gasteiger partial charge in [-0.15, -0.1) is 11.3 Å². The van der Waals surface area contributed by atoms with E-state index in [0.29, 0.717) is 23.9 Å². The zero-order valence-electron chi connectivity index (χ0n) is 14.2. The van der Waals surface area contributed by atoms with Crippen molar-refractivity contribution in [2.45, 2.75) is 39.2 Å². The van der Waals surface area contributed by atoms with E-state index in [2.05, 4.69) is 17.2 Å². The zero-order valence-corrected chi connectivity index (χ0v) is 15.0. The zero-order chi connectivity index (χ0) is 18.1. The van der Waals surface area contributed by atoms with E-state index < -0.39 is 5.97 Å². The van der Waals surface area contributed by atoms with E-state index in [9.17, 15) is 9.59 Å². The molecule has 2 aromatic rings. The highest BCUT2D eigenvalue weighted by Crippen LogP contribution is 2.13. The third kappa shape index (κ3) is 6.93. The number of hydrogen-bond acceptors (Lipinski definition) is 5. The molecule has 2 rings (SSSR count). The van der Waals surface area contributed by atoms with Crippen LogP contribution < -0.4 is 10.1 Å². The molecule has 0 spiro atoms. The van der Waals surface area contributed by atoms with Crippen molar-refractivity contribution in [1.29, 1.82) is 0 Å². The highest BCUT2D eigenvalue weighted by Gasteiger charge is 2.10. The van der Waals surface area contributed by atoms with Crippen LogP contribution in [0, 0.1) is 0 Å². The minimum Gasteiger partial charge on any atom is -0.494 e. The van der Waals surface area contributed by atoms with Crippen LogP contribution in [0.15, 0.2) is 29.6 Å². The molecular weight excluding hydrogens is 340 g/mol. The van der Waals surface area contributed by atoms with Gasteiger partial charge in [0, 0.05) is 11.9 Å². The van der Waals surface area contributed by atoms with Crippen LogP contribution in [0.25, 0.3) is 0 Å². The minimum atomic E-state index is -0.927. The molecule has 1 aromatic carbocycles. The average molecular weight is 362 g/mol. The Bertz CT molecular complexity index is 697. The third-order valence-corrected chi connectivity index (χ3v) is 4.32. The van der Waals surface area contributed by atoms with Crippen molar-refractivity contribution in [2.75, 3.05) is 6.61 Å². The van der Waals surface area contributed by atoms with Crippen LogP contribution in [0.1, 0.15) is 36.0 Å². The number of carboxylic acids is 1. The Morgan fingerprint density at radius 2 is 2.00 bits per heavy atom. The van der Waals surface area contributed by atoms with E-state index in [1.54, 1.807) is 5.38 Å². The van der Waals surface area contributed by atoms with Gasteiger partial charge in [-0.05, 0) is 24.1 Å². The molecule has 25 heavy (non-hydrogen) atoms. The summed E-state index contributed by atoms with van der Waals surface area (Å²) in [6, 6.07) is 7.65. The summed E-state index contributed by atoms with van der Waals surface area (Å²) in [5.41, 5.74) is 1.47. The predicted octanol–water partition coefficient (Wildman–Crippen LogP) is 2.81. The lowest BCUT2D eigenvalue weighted by molar-refractivity contribution is -0.136. The Morgan fingerprint density at radius 3 is 2.68 bits per heavy atom. The standard InChI is InChI=1S/C18H22N2O4S/c1-2-3-8-24-15-6-4-13(5-7-15)11-19-16(21)10-17-20-14(12-25-17)9-18(22)23/h4-7,12H,2-3,8-11H2,1H3,(H,19,21)(H,22,23). The van der Waals surface area contributed by atoms with Crippen LogP contribution in [-0.2, 0) is 29.0 Å². The lowest BCUT2D eigenvalue weighted by Gasteiger charge is -2.07. The van der Waals surface area contributed by atoms with Crippen molar-refractivity contribution in [1.82, 2.24) is 10.3 Å². The molecule has 1 aromatic heterocycles. The number of amides is 1. The maximum Gasteiger partial charge on any atom is 0.309 e. The fourth-order valence-corrected chi connectivity index (χ4v) is 2.90. The fraction of sp³-hybridized carbons (Fsp3) is 0.389. The van der Waals surface area contributed by atoms with Gasteiger partial charge in [0.05, 0.1) is 25.1 Å². The molecule has 0 radical (unpaired) electrons. The monoisotopic (exact) mass is 362 g/mol. The molecule has 134 valence electrons. The van der Waals surface area contributed by atoms with Crippen molar-refractivity contribution in [3.8, 4) is 5.75 Å². The number of carboxylic acid groups (broad SMARTS) is 1. The van der Waals surface area contributed by atoms with Crippen LogP contribution >= 0.6 is 11.3 Å². The Morgan fingerprint density at radius 1 is 1.24 bits per heavy atom. The van der Waals surface area contributed by atoms with E-state index in [1.165, 1.54) is 11.3 Å². The summed E-state index contributed by atoms with van der Waals surface area (Å²) in [6.45, 7) is 3.26. The minimum absolute atomic E-state index is 0.120. The average Bonchev–Trinajstić information content (AvgIpc) is 3.00. The van der Waals surface area contributed by atoms with Crippen LogP contribution in [-0.4, -0.2) is 28.6 Å². The lowest BCUT2D eigenvalue weighted by atomic mass is 10.2. The Labute approximate surface area is 150 Å². The van der Waals surface area contributed by atoms with Gasteiger partial charge in [0.15, 0.2) is 0 Å². The molecule has 7 heteroatoms. The molecule has 0 aliphatic heterocycles.